The Kier molecular flexibility index (Phi) is 8.24. The summed E-state index contributed by atoms with van der Waals surface area (Å²) in [6.45, 7) is 0. The summed E-state index contributed by atoms with van der Waals surface area (Å²) in [5, 5.41) is 2.09. The maximum Gasteiger partial charge on any atom is 0.126 e. The molecule has 0 atom stereocenters. The minimum atomic E-state index is -2.17. The lowest BCUT2D eigenvalue weighted by atomic mass is 10.1. The van der Waals surface area contributed by atoms with Crippen LogP contribution < -0.4 is 31.8 Å². The number of halogens is 8. The summed E-state index contributed by atoms with van der Waals surface area (Å²) >= 11 is 0. The number of rotatable bonds is 6. The average Bonchev–Trinajstić information content (AvgIpc) is 2.91. The fourth-order valence-corrected chi connectivity index (χ4v) is 10.6. The van der Waals surface area contributed by atoms with Gasteiger partial charge in [0.05, 0.1) is 0 Å². The molecule has 10 heteroatoms. The van der Waals surface area contributed by atoms with E-state index in [2.05, 4.69) is 0 Å². The normalized spacial score (nSPS) is 11.6. The molecule has 0 N–H and O–H groups in total. The number of hydrogen-bond donors (Lipinski definition) is 0. The lowest BCUT2D eigenvalue weighted by molar-refractivity contribution is 0.584. The second kappa shape index (κ2) is 12.1. The second-order valence-corrected chi connectivity index (χ2v) is 14.2. The van der Waals surface area contributed by atoms with Crippen LogP contribution in [-0.2, 0) is 0 Å². The van der Waals surface area contributed by atoms with Crippen molar-refractivity contribution in [2.24, 2.45) is 0 Å². The van der Waals surface area contributed by atoms with Crippen molar-refractivity contribution >= 4 is 58.4 Å². The van der Waals surface area contributed by atoms with Crippen molar-refractivity contribution in [2.45, 2.75) is 0 Å². The van der Waals surface area contributed by atoms with E-state index in [-0.39, 0.29) is 21.2 Å². The summed E-state index contributed by atoms with van der Waals surface area (Å²) in [6.07, 6.45) is 0. The Balaban J connectivity index is 1.75. The van der Waals surface area contributed by atoms with Gasteiger partial charge in [0, 0.05) is 24.3 Å². The van der Waals surface area contributed by atoms with Crippen LogP contribution in [-0.4, -0.2) is 0 Å². The van der Waals surface area contributed by atoms with Crippen LogP contribution in [0.25, 0.3) is 10.8 Å². The Labute approximate surface area is 249 Å². The second-order valence-electron chi connectivity index (χ2n) is 9.87. The number of fused-ring (bicyclic) bond motifs is 1. The predicted octanol–water partition coefficient (Wildman–Crippen LogP) is 7.47. The van der Waals surface area contributed by atoms with Gasteiger partial charge in [-0.25, -0.2) is 35.1 Å². The molecule has 0 aliphatic heterocycles. The maximum absolute atomic E-state index is 14.7. The molecule has 0 saturated carbocycles. The molecule has 0 radical (unpaired) electrons. The zero-order valence-electron chi connectivity index (χ0n) is 22.3. The molecular weight excluding hydrogens is 622 g/mol. The molecule has 0 unspecified atom stereocenters. The summed E-state index contributed by atoms with van der Waals surface area (Å²) in [7, 11) is -4.33. The van der Waals surface area contributed by atoms with Gasteiger partial charge in [0.2, 0.25) is 0 Å². The molecule has 6 rings (SSSR count). The highest BCUT2D eigenvalue weighted by molar-refractivity contribution is 7.85. The molecule has 6 aromatic carbocycles. The molecule has 44 heavy (non-hydrogen) atoms. The highest BCUT2D eigenvalue weighted by Crippen LogP contribution is 2.41. The van der Waals surface area contributed by atoms with Crippen molar-refractivity contribution in [1.82, 2.24) is 0 Å². The first kappa shape index (κ1) is 29.9. The van der Waals surface area contributed by atoms with Gasteiger partial charge in [-0.15, -0.1) is 0 Å². The van der Waals surface area contributed by atoms with Gasteiger partial charge in [0.15, 0.2) is 0 Å². The lowest BCUT2D eigenvalue weighted by Gasteiger charge is -2.28. The smallest absolute Gasteiger partial charge is 0.126 e. The summed E-state index contributed by atoms with van der Waals surface area (Å²) < 4.78 is 117. The first-order valence-corrected chi connectivity index (χ1v) is 15.7. The molecule has 0 fully saturated rings. The molecule has 0 aromatic heterocycles. The zero-order valence-corrected chi connectivity index (χ0v) is 24.1. The molecule has 0 spiro atoms. The van der Waals surface area contributed by atoms with Crippen LogP contribution in [0.2, 0.25) is 0 Å². The molecule has 0 bridgehead atoms. The lowest BCUT2D eigenvalue weighted by Crippen LogP contribution is -2.35. The van der Waals surface area contributed by atoms with Crippen LogP contribution in [0, 0.1) is 46.5 Å². The van der Waals surface area contributed by atoms with E-state index in [0.717, 1.165) is 48.5 Å². The van der Waals surface area contributed by atoms with Gasteiger partial charge in [0.1, 0.15) is 46.5 Å². The van der Waals surface area contributed by atoms with Gasteiger partial charge < -0.3 is 0 Å². The Hall–Kier alpha value is -4.12. The van der Waals surface area contributed by atoms with E-state index in [9.17, 15) is 35.1 Å². The van der Waals surface area contributed by atoms with Crippen molar-refractivity contribution in [2.75, 3.05) is 0 Å². The third kappa shape index (κ3) is 6.24. The fraction of sp³-hybridized carbons (Fsp3) is 0. The van der Waals surface area contributed by atoms with E-state index in [4.69, 9.17) is 0 Å². The van der Waals surface area contributed by atoms with Crippen LogP contribution in [0.15, 0.2) is 109 Å². The standard InChI is InChI=1S/C34H18F8P2/c35-21-7-22(36)12-29(11-21)43(30-13-23(37)8-24(38)14-30)33-5-19-3-1-2-4-20(19)6-34(33)44(31-15-25(39)9-26(40)16-31)32-17-27(41)10-28(42)18-32/h1-18H. The topological polar surface area (TPSA) is 0 Å². The maximum atomic E-state index is 14.7. The third-order valence-electron chi connectivity index (χ3n) is 6.75. The fourth-order valence-electron chi connectivity index (χ4n) is 5.10. The van der Waals surface area contributed by atoms with Gasteiger partial charge >= 0.3 is 0 Å². The highest BCUT2D eigenvalue weighted by Gasteiger charge is 2.29. The van der Waals surface area contributed by atoms with Crippen LogP contribution in [0.3, 0.4) is 0 Å². The molecule has 0 nitrogen and oxygen atoms in total. The predicted molar refractivity (Wildman–Crippen MR) is 161 cm³/mol. The van der Waals surface area contributed by atoms with Crippen molar-refractivity contribution < 1.29 is 35.1 Å². The van der Waals surface area contributed by atoms with Gasteiger partial charge in [-0.1, -0.05) is 24.3 Å². The molecule has 6 aromatic rings. The van der Waals surface area contributed by atoms with Gasteiger partial charge in [0.25, 0.3) is 0 Å². The molecule has 0 aliphatic carbocycles. The van der Waals surface area contributed by atoms with Gasteiger partial charge in [-0.2, -0.15) is 0 Å². The van der Waals surface area contributed by atoms with Crippen LogP contribution in [0.1, 0.15) is 0 Å². The summed E-state index contributed by atoms with van der Waals surface area (Å²) in [5.74, 6) is -7.49. The Morgan fingerprint density at radius 3 is 0.750 bits per heavy atom. The first-order valence-electron chi connectivity index (χ1n) is 13.0. The zero-order chi connectivity index (χ0) is 31.1. The summed E-state index contributed by atoms with van der Waals surface area (Å²) in [4.78, 5) is 0. The summed E-state index contributed by atoms with van der Waals surface area (Å²) in [5.41, 5.74) is 0. The Morgan fingerprint density at radius 1 is 0.295 bits per heavy atom. The van der Waals surface area contributed by atoms with E-state index >= 15 is 0 Å². The van der Waals surface area contributed by atoms with Gasteiger partial charge in [-0.05, 0) is 119 Å². The van der Waals surface area contributed by atoms with Crippen LogP contribution >= 0.6 is 15.8 Å². The van der Waals surface area contributed by atoms with E-state index < -0.39 is 62.4 Å². The summed E-state index contributed by atoms with van der Waals surface area (Å²) in [6, 6.07) is 21.3. The number of benzene rings is 6. The van der Waals surface area contributed by atoms with E-state index in [1.807, 2.05) is 0 Å². The van der Waals surface area contributed by atoms with Crippen LogP contribution in [0.5, 0.6) is 0 Å². The monoisotopic (exact) mass is 640 g/mol. The molecular formula is C34H18F8P2. The molecule has 0 saturated heterocycles. The molecule has 220 valence electrons. The van der Waals surface area contributed by atoms with Gasteiger partial charge in [-0.3, -0.25) is 0 Å². The van der Waals surface area contributed by atoms with Crippen molar-refractivity contribution in [3.8, 4) is 0 Å². The highest BCUT2D eigenvalue weighted by atomic mass is 31.1. The van der Waals surface area contributed by atoms with Crippen LogP contribution in [0.4, 0.5) is 35.1 Å². The Bertz CT molecular complexity index is 1720. The average molecular weight is 640 g/mol. The molecule has 0 aliphatic rings. The van der Waals surface area contributed by atoms with Crippen molar-refractivity contribution in [3.05, 3.63) is 156 Å². The molecule has 0 heterocycles. The van der Waals surface area contributed by atoms with Crippen molar-refractivity contribution in [3.63, 3.8) is 0 Å². The number of hydrogen-bond acceptors (Lipinski definition) is 0. The minimum absolute atomic E-state index is 0.0461. The van der Waals surface area contributed by atoms with E-state index in [1.54, 1.807) is 36.4 Å². The first-order chi connectivity index (χ1) is 21.0. The Morgan fingerprint density at radius 2 is 0.523 bits per heavy atom. The minimum Gasteiger partial charge on any atom is -0.207 e. The van der Waals surface area contributed by atoms with E-state index in [0.29, 0.717) is 45.6 Å². The SMILES string of the molecule is Fc1cc(F)cc(P(c2cc(F)cc(F)c2)c2cc3ccccc3cc2P(c2cc(F)cc(F)c2)c2cc(F)cc(F)c2)c1. The third-order valence-corrected chi connectivity index (χ3v) is 11.7. The van der Waals surface area contributed by atoms with Crippen molar-refractivity contribution in [1.29, 1.82) is 0 Å². The largest absolute Gasteiger partial charge is 0.207 e. The van der Waals surface area contributed by atoms with E-state index in [1.165, 1.54) is 0 Å². The molecule has 0 amide bonds. The quantitative estimate of drug-likeness (QED) is 0.131.